The molecule has 2 aromatic carbocycles. The lowest BCUT2D eigenvalue weighted by atomic mass is 9.90. The van der Waals surface area contributed by atoms with Crippen LogP contribution in [0, 0.1) is 6.92 Å². The third-order valence-corrected chi connectivity index (χ3v) is 7.29. The molecular formula is C35H51N3O8. The normalized spacial score (nSPS) is 14.0. The second kappa shape index (κ2) is 15.4. The molecule has 0 aliphatic heterocycles. The SMILES string of the molecule is CCC(C)(C)N(C(=O)C(CO)NC(=O)OC(C)(C)C)C(C(=O)NC(Cc1ccccc1)C(=O)OC(C)(C)C)c1cccc(C)c1O. The Kier molecular flexibility index (Phi) is 12.8. The molecule has 2 rings (SSSR count). The van der Waals surface area contributed by atoms with Crippen LogP contribution in [0.15, 0.2) is 48.5 Å². The van der Waals surface area contributed by atoms with Crippen LogP contribution in [0.1, 0.15) is 91.5 Å². The third kappa shape index (κ3) is 10.8. The number of aromatic hydroxyl groups is 1. The molecular weight excluding hydrogens is 590 g/mol. The Bertz CT molecular complexity index is 1360. The molecule has 3 atom stereocenters. The highest BCUT2D eigenvalue weighted by molar-refractivity contribution is 5.95. The summed E-state index contributed by atoms with van der Waals surface area (Å²) in [5, 5.41) is 26.7. The van der Waals surface area contributed by atoms with Crippen LogP contribution in [0.5, 0.6) is 5.75 Å². The van der Waals surface area contributed by atoms with Crippen LogP contribution < -0.4 is 10.6 Å². The molecule has 11 nitrogen and oxygen atoms in total. The number of nitrogens with one attached hydrogen (secondary N) is 2. The van der Waals surface area contributed by atoms with Crippen molar-refractivity contribution in [3.8, 4) is 5.75 Å². The van der Waals surface area contributed by atoms with E-state index in [4.69, 9.17) is 9.47 Å². The Morgan fingerprint density at radius 2 is 1.41 bits per heavy atom. The number of carbonyl (C=O) groups is 4. The van der Waals surface area contributed by atoms with Gasteiger partial charge in [0.2, 0.25) is 11.8 Å². The first-order valence-electron chi connectivity index (χ1n) is 15.5. The Labute approximate surface area is 272 Å². The average molecular weight is 642 g/mol. The monoisotopic (exact) mass is 641 g/mol. The van der Waals surface area contributed by atoms with Crippen LogP contribution >= 0.6 is 0 Å². The smallest absolute Gasteiger partial charge is 0.408 e. The molecule has 0 aliphatic carbocycles. The number of alkyl carbamates (subject to hydrolysis) is 1. The summed E-state index contributed by atoms with van der Waals surface area (Å²) in [5.41, 5.74) is -1.46. The van der Waals surface area contributed by atoms with Gasteiger partial charge in [0.15, 0.2) is 0 Å². The van der Waals surface area contributed by atoms with Crippen molar-refractivity contribution in [2.45, 2.75) is 117 Å². The van der Waals surface area contributed by atoms with Crippen LogP contribution in [-0.4, -0.2) is 74.4 Å². The predicted molar refractivity (Wildman–Crippen MR) is 175 cm³/mol. The molecule has 0 heterocycles. The van der Waals surface area contributed by atoms with Crippen molar-refractivity contribution >= 4 is 23.9 Å². The molecule has 11 heteroatoms. The molecule has 3 unspecified atom stereocenters. The van der Waals surface area contributed by atoms with E-state index in [0.29, 0.717) is 12.0 Å². The molecule has 254 valence electrons. The van der Waals surface area contributed by atoms with Crippen molar-refractivity contribution in [3.63, 3.8) is 0 Å². The second-order valence-electron chi connectivity index (χ2n) is 14.0. The van der Waals surface area contributed by atoms with Gasteiger partial charge in [0.25, 0.3) is 0 Å². The van der Waals surface area contributed by atoms with Gasteiger partial charge in [-0.15, -0.1) is 0 Å². The highest BCUT2D eigenvalue weighted by atomic mass is 16.6. The summed E-state index contributed by atoms with van der Waals surface area (Å²) in [4.78, 5) is 56.2. The zero-order chi connectivity index (χ0) is 35.0. The van der Waals surface area contributed by atoms with Crippen molar-refractivity contribution in [3.05, 3.63) is 65.2 Å². The minimum Gasteiger partial charge on any atom is -0.507 e. The van der Waals surface area contributed by atoms with Crippen molar-refractivity contribution in [1.29, 1.82) is 0 Å². The Morgan fingerprint density at radius 1 is 0.826 bits per heavy atom. The fourth-order valence-electron chi connectivity index (χ4n) is 4.72. The molecule has 0 fully saturated rings. The maximum Gasteiger partial charge on any atom is 0.408 e. The number of benzene rings is 2. The van der Waals surface area contributed by atoms with E-state index in [1.165, 1.54) is 11.0 Å². The molecule has 2 aromatic rings. The Morgan fingerprint density at radius 3 is 1.93 bits per heavy atom. The molecule has 0 aliphatic rings. The molecule has 0 spiro atoms. The lowest BCUT2D eigenvalue weighted by Crippen LogP contribution is -2.61. The van der Waals surface area contributed by atoms with Gasteiger partial charge in [-0.3, -0.25) is 9.59 Å². The maximum atomic E-state index is 14.5. The second-order valence-corrected chi connectivity index (χ2v) is 14.0. The van der Waals surface area contributed by atoms with Gasteiger partial charge in [0.05, 0.1) is 6.61 Å². The summed E-state index contributed by atoms with van der Waals surface area (Å²) in [5.74, 6) is -2.45. The van der Waals surface area contributed by atoms with Crippen LogP contribution in [0.3, 0.4) is 0 Å². The van der Waals surface area contributed by atoms with Gasteiger partial charge < -0.3 is 35.2 Å². The zero-order valence-corrected chi connectivity index (χ0v) is 28.8. The van der Waals surface area contributed by atoms with Crippen molar-refractivity contribution < 1.29 is 38.9 Å². The summed E-state index contributed by atoms with van der Waals surface area (Å²) < 4.78 is 11.0. The molecule has 4 N–H and O–H groups in total. The quantitative estimate of drug-likeness (QED) is 0.243. The van der Waals surface area contributed by atoms with Gasteiger partial charge in [-0.05, 0) is 79.9 Å². The topological polar surface area (TPSA) is 154 Å². The first-order valence-corrected chi connectivity index (χ1v) is 15.5. The van der Waals surface area contributed by atoms with Crippen LogP contribution in [-0.2, 0) is 30.3 Å². The number of nitrogens with zero attached hydrogens (tertiary/aromatic N) is 1. The zero-order valence-electron chi connectivity index (χ0n) is 28.8. The van der Waals surface area contributed by atoms with Crippen LogP contribution in [0.25, 0.3) is 0 Å². The average Bonchev–Trinajstić information content (AvgIpc) is 2.94. The van der Waals surface area contributed by atoms with Gasteiger partial charge >= 0.3 is 12.1 Å². The lowest BCUT2D eigenvalue weighted by Gasteiger charge is -2.44. The fraction of sp³-hybridized carbons (Fsp3) is 0.543. The number of esters is 1. The number of aliphatic hydroxyl groups is 1. The molecule has 0 saturated carbocycles. The summed E-state index contributed by atoms with van der Waals surface area (Å²) in [6, 6.07) is 9.78. The number of hydrogen-bond donors (Lipinski definition) is 4. The highest BCUT2D eigenvalue weighted by Gasteiger charge is 2.45. The first-order chi connectivity index (χ1) is 21.2. The van der Waals surface area contributed by atoms with E-state index in [2.05, 4.69) is 10.6 Å². The van der Waals surface area contributed by atoms with Crippen LogP contribution in [0.4, 0.5) is 4.79 Å². The number of phenols is 1. The number of amides is 3. The number of aryl methyl sites for hydroxylation is 1. The van der Waals surface area contributed by atoms with Crippen LogP contribution in [0.2, 0.25) is 0 Å². The Hall–Kier alpha value is -4.12. The third-order valence-electron chi connectivity index (χ3n) is 7.29. The van der Waals surface area contributed by atoms with E-state index in [1.807, 2.05) is 37.3 Å². The van der Waals surface area contributed by atoms with Gasteiger partial charge in [-0.25, -0.2) is 9.59 Å². The summed E-state index contributed by atoms with van der Waals surface area (Å²) in [7, 11) is 0. The van der Waals surface area contributed by atoms with E-state index in [-0.39, 0.29) is 17.7 Å². The van der Waals surface area contributed by atoms with Crippen molar-refractivity contribution in [1.82, 2.24) is 15.5 Å². The van der Waals surface area contributed by atoms with E-state index in [0.717, 1.165) is 5.56 Å². The first kappa shape index (κ1) is 38.1. The molecule has 46 heavy (non-hydrogen) atoms. The van der Waals surface area contributed by atoms with Gasteiger partial charge in [-0.1, -0.05) is 55.5 Å². The number of phenolic OH excluding ortho intramolecular Hbond substituents is 1. The summed E-state index contributed by atoms with van der Waals surface area (Å²) >= 11 is 0. The number of carbonyl (C=O) groups excluding carboxylic acids is 4. The van der Waals surface area contributed by atoms with Crippen molar-refractivity contribution in [2.75, 3.05) is 6.61 Å². The van der Waals surface area contributed by atoms with E-state index in [1.54, 1.807) is 74.4 Å². The highest BCUT2D eigenvalue weighted by Crippen LogP contribution is 2.37. The minimum absolute atomic E-state index is 0.0958. The summed E-state index contributed by atoms with van der Waals surface area (Å²) in [6.45, 7) is 16.3. The Balaban J connectivity index is 2.71. The van der Waals surface area contributed by atoms with Gasteiger partial charge in [-0.2, -0.15) is 0 Å². The fourth-order valence-corrected chi connectivity index (χ4v) is 4.72. The van der Waals surface area contributed by atoms with Gasteiger partial charge in [0, 0.05) is 17.5 Å². The van der Waals surface area contributed by atoms with Crippen molar-refractivity contribution in [2.24, 2.45) is 0 Å². The number of rotatable bonds is 12. The number of ether oxygens (including phenoxy) is 2. The molecule has 0 radical (unpaired) electrons. The van der Waals surface area contributed by atoms with Gasteiger partial charge in [0.1, 0.15) is 35.1 Å². The number of para-hydroxylation sites is 1. The molecule has 0 bridgehead atoms. The number of aliphatic hydroxyl groups excluding tert-OH is 1. The van der Waals surface area contributed by atoms with E-state index >= 15 is 0 Å². The standard InChI is InChI=1S/C35H51N3O8/c1-11-35(9,10)38(30(42)26(21-39)37-32(44)46-34(6,7)8)27(24-19-15-16-22(2)28(24)40)29(41)36-25(31(43)45-33(3,4)5)20-23-17-13-12-14-18-23/h12-19,25-27,39-40H,11,20-21H2,1-10H3,(H,36,41)(H,37,44). The molecule has 0 saturated heterocycles. The molecule has 0 aromatic heterocycles. The number of hydrogen-bond acceptors (Lipinski definition) is 8. The largest absolute Gasteiger partial charge is 0.507 e. The van der Waals surface area contributed by atoms with E-state index < -0.39 is 65.4 Å². The van der Waals surface area contributed by atoms with E-state index in [9.17, 15) is 29.4 Å². The summed E-state index contributed by atoms with van der Waals surface area (Å²) in [6.07, 6.45) is -0.487. The maximum absolute atomic E-state index is 14.5. The predicted octanol–water partition coefficient (Wildman–Crippen LogP) is 4.71. The minimum atomic E-state index is -1.49. The lowest BCUT2D eigenvalue weighted by molar-refractivity contribution is -0.159. The molecule has 3 amide bonds.